The Hall–Kier alpha value is -0.120. The lowest BCUT2D eigenvalue weighted by Crippen LogP contribution is -2.45. The third-order valence-corrected chi connectivity index (χ3v) is 3.17. The first-order chi connectivity index (χ1) is 6.55. The van der Waals surface area contributed by atoms with Crippen LogP contribution < -0.4 is 0 Å². The van der Waals surface area contributed by atoms with Gasteiger partial charge in [-0.2, -0.15) is 0 Å². The maximum Gasteiger partial charge on any atom is 0.0743 e. The molecular weight excluding hydrogens is 178 g/mol. The summed E-state index contributed by atoms with van der Waals surface area (Å²) < 4.78 is 5.32. The molecule has 3 nitrogen and oxygen atoms in total. The summed E-state index contributed by atoms with van der Waals surface area (Å²) in [5.41, 5.74) is -0.549. The summed E-state index contributed by atoms with van der Waals surface area (Å²) in [5.74, 6) is 0. The van der Waals surface area contributed by atoms with Gasteiger partial charge in [0.05, 0.1) is 5.60 Å². The Kier molecular flexibility index (Phi) is 4.35. The first kappa shape index (κ1) is 12.0. The van der Waals surface area contributed by atoms with E-state index in [4.69, 9.17) is 4.74 Å². The Labute approximate surface area is 87.1 Å². The van der Waals surface area contributed by atoms with Crippen molar-refractivity contribution in [1.29, 1.82) is 0 Å². The molecule has 0 saturated carbocycles. The van der Waals surface area contributed by atoms with Crippen molar-refractivity contribution in [3.8, 4) is 0 Å². The van der Waals surface area contributed by atoms with Crippen LogP contribution in [0.15, 0.2) is 0 Å². The lowest BCUT2D eigenvalue weighted by atomic mass is 10.0. The van der Waals surface area contributed by atoms with Gasteiger partial charge in [0.2, 0.25) is 0 Å². The average molecular weight is 201 g/mol. The standard InChI is InChI=1S/C11H23NO2/c1-4-11(2,13)9-12(3)10-5-7-14-8-6-10/h10,13H,4-9H2,1-3H3. The number of rotatable bonds is 4. The van der Waals surface area contributed by atoms with Crippen LogP contribution in [0.5, 0.6) is 0 Å². The largest absolute Gasteiger partial charge is 0.389 e. The zero-order valence-electron chi connectivity index (χ0n) is 9.62. The third kappa shape index (κ3) is 3.56. The minimum atomic E-state index is -0.549. The van der Waals surface area contributed by atoms with Crippen molar-refractivity contribution in [2.75, 3.05) is 26.8 Å². The fourth-order valence-electron chi connectivity index (χ4n) is 1.90. The molecule has 1 aliphatic heterocycles. The van der Waals surface area contributed by atoms with Crippen molar-refractivity contribution in [3.63, 3.8) is 0 Å². The number of hydrogen-bond donors (Lipinski definition) is 1. The summed E-state index contributed by atoms with van der Waals surface area (Å²) in [7, 11) is 2.10. The van der Waals surface area contributed by atoms with Gasteiger partial charge in [0.15, 0.2) is 0 Å². The lowest BCUT2D eigenvalue weighted by Gasteiger charge is -2.35. The van der Waals surface area contributed by atoms with E-state index in [1.165, 1.54) is 0 Å². The van der Waals surface area contributed by atoms with Crippen LogP contribution in [-0.2, 0) is 4.74 Å². The predicted octanol–water partition coefficient (Wildman–Crippen LogP) is 1.26. The number of aliphatic hydroxyl groups is 1. The summed E-state index contributed by atoms with van der Waals surface area (Å²) in [6.45, 7) is 6.42. The fraction of sp³-hybridized carbons (Fsp3) is 1.00. The smallest absolute Gasteiger partial charge is 0.0743 e. The zero-order chi connectivity index (χ0) is 10.6. The molecule has 1 fully saturated rings. The van der Waals surface area contributed by atoms with Gasteiger partial charge in [-0.05, 0) is 33.2 Å². The SMILES string of the molecule is CCC(C)(O)CN(C)C1CCOCC1. The van der Waals surface area contributed by atoms with Crippen molar-refractivity contribution in [2.24, 2.45) is 0 Å². The monoisotopic (exact) mass is 201 g/mol. The van der Waals surface area contributed by atoms with E-state index in [9.17, 15) is 5.11 Å². The third-order valence-electron chi connectivity index (χ3n) is 3.17. The maximum absolute atomic E-state index is 9.95. The second-order valence-electron chi connectivity index (χ2n) is 4.61. The molecule has 1 heterocycles. The predicted molar refractivity (Wildman–Crippen MR) is 57.4 cm³/mol. The molecule has 0 aromatic rings. The van der Waals surface area contributed by atoms with Gasteiger partial charge in [0.1, 0.15) is 0 Å². The number of likely N-dealkylation sites (N-methyl/N-ethyl adjacent to an activating group) is 1. The Balaban J connectivity index is 2.36. The second kappa shape index (κ2) is 5.10. The normalized spacial score (nSPS) is 23.8. The van der Waals surface area contributed by atoms with Gasteiger partial charge in [-0.1, -0.05) is 6.92 Å². The van der Waals surface area contributed by atoms with Crippen molar-refractivity contribution in [3.05, 3.63) is 0 Å². The molecule has 1 N–H and O–H groups in total. The number of hydrogen-bond acceptors (Lipinski definition) is 3. The molecular formula is C11H23NO2. The summed E-state index contributed by atoms with van der Waals surface area (Å²) in [6.07, 6.45) is 2.99. The highest BCUT2D eigenvalue weighted by Crippen LogP contribution is 2.17. The van der Waals surface area contributed by atoms with E-state index in [2.05, 4.69) is 11.9 Å². The summed E-state index contributed by atoms with van der Waals surface area (Å²) in [5, 5.41) is 9.95. The highest BCUT2D eigenvalue weighted by atomic mass is 16.5. The molecule has 3 heteroatoms. The van der Waals surface area contributed by atoms with Gasteiger partial charge in [0.25, 0.3) is 0 Å². The van der Waals surface area contributed by atoms with E-state index >= 15 is 0 Å². The minimum Gasteiger partial charge on any atom is -0.389 e. The first-order valence-corrected chi connectivity index (χ1v) is 5.55. The van der Waals surface area contributed by atoms with Crippen LogP contribution in [0.1, 0.15) is 33.1 Å². The van der Waals surface area contributed by atoms with Crippen LogP contribution in [0.3, 0.4) is 0 Å². The molecule has 1 rings (SSSR count). The molecule has 1 saturated heterocycles. The van der Waals surface area contributed by atoms with E-state index in [1.54, 1.807) is 0 Å². The number of ether oxygens (including phenoxy) is 1. The highest BCUT2D eigenvalue weighted by molar-refractivity contribution is 4.79. The number of nitrogens with zero attached hydrogens (tertiary/aromatic N) is 1. The van der Waals surface area contributed by atoms with Gasteiger partial charge < -0.3 is 14.7 Å². The zero-order valence-corrected chi connectivity index (χ0v) is 9.62. The van der Waals surface area contributed by atoms with Gasteiger partial charge in [0, 0.05) is 25.8 Å². The quantitative estimate of drug-likeness (QED) is 0.743. The Morgan fingerprint density at radius 2 is 2.00 bits per heavy atom. The van der Waals surface area contributed by atoms with E-state index in [0.717, 1.165) is 39.0 Å². The van der Waals surface area contributed by atoms with Crippen molar-refractivity contribution in [1.82, 2.24) is 4.90 Å². The molecule has 0 spiro atoms. The van der Waals surface area contributed by atoms with Crippen LogP contribution in [0.25, 0.3) is 0 Å². The van der Waals surface area contributed by atoms with Crippen LogP contribution in [-0.4, -0.2) is 48.5 Å². The van der Waals surface area contributed by atoms with Crippen LogP contribution in [0.2, 0.25) is 0 Å². The topological polar surface area (TPSA) is 32.7 Å². The molecule has 0 amide bonds. The molecule has 1 unspecified atom stereocenters. The van der Waals surface area contributed by atoms with E-state index in [0.29, 0.717) is 6.04 Å². The molecule has 0 aromatic carbocycles. The maximum atomic E-state index is 9.95. The minimum absolute atomic E-state index is 0.549. The molecule has 84 valence electrons. The van der Waals surface area contributed by atoms with Crippen molar-refractivity contribution < 1.29 is 9.84 Å². The summed E-state index contributed by atoms with van der Waals surface area (Å²) in [6, 6.07) is 0.585. The van der Waals surface area contributed by atoms with Gasteiger partial charge >= 0.3 is 0 Å². The van der Waals surface area contributed by atoms with Crippen LogP contribution >= 0.6 is 0 Å². The molecule has 1 aliphatic rings. The molecule has 0 aliphatic carbocycles. The Morgan fingerprint density at radius 1 is 1.43 bits per heavy atom. The molecule has 1 atom stereocenters. The van der Waals surface area contributed by atoms with E-state index in [-0.39, 0.29) is 0 Å². The van der Waals surface area contributed by atoms with Crippen molar-refractivity contribution in [2.45, 2.75) is 44.8 Å². The highest BCUT2D eigenvalue weighted by Gasteiger charge is 2.25. The van der Waals surface area contributed by atoms with Gasteiger partial charge in [-0.3, -0.25) is 0 Å². The van der Waals surface area contributed by atoms with Gasteiger partial charge in [-0.25, -0.2) is 0 Å². The van der Waals surface area contributed by atoms with E-state index in [1.807, 2.05) is 13.8 Å². The van der Waals surface area contributed by atoms with Crippen LogP contribution in [0.4, 0.5) is 0 Å². The first-order valence-electron chi connectivity index (χ1n) is 5.55. The van der Waals surface area contributed by atoms with Crippen molar-refractivity contribution >= 4 is 0 Å². The second-order valence-corrected chi connectivity index (χ2v) is 4.61. The summed E-state index contributed by atoms with van der Waals surface area (Å²) in [4.78, 5) is 2.27. The molecule has 0 radical (unpaired) electrons. The summed E-state index contributed by atoms with van der Waals surface area (Å²) >= 11 is 0. The molecule has 0 aromatic heterocycles. The fourth-order valence-corrected chi connectivity index (χ4v) is 1.90. The molecule has 0 bridgehead atoms. The van der Waals surface area contributed by atoms with E-state index < -0.39 is 5.60 Å². The Bertz CT molecular complexity index is 165. The van der Waals surface area contributed by atoms with Crippen LogP contribution in [0, 0.1) is 0 Å². The average Bonchev–Trinajstić information content (AvgIpc) is 2.19. The van der Waals surface area contributed by atoms with Gasteiger partial charge in [-0.15, -0.1) is 0 Å². The molecule has 14 heavy (non-hydrogen) atoms. The Morgan fingerprint density at radius 3 is 2.50 bits per heavy atom. The lowest BCUT2D eigenvalue weighted by molar-refractivity contribution is -0.0133.